The van der Waals surface area contributed by atoms with Gasteiger partial charge in [-0.3, -0.25) is 4.79 Å². The van der Waals surface area contributed by atoms with E-state index in [0.717, 1.165) is 69.9 Å². The highest BCUT2D eigenvalue weighted by Gasteiger charge is 2.95. The molecule has 1 aromatic rings. The molecule has 0 N–H and O–H groups in total. The largest absolute Gasteiger partial charge is 0.460 e. The highest BCUT2D eigenvalue weighted by molar-refractivity contribution is 6.02. The third-order valence-corrected chi connectivity index (χ3v) is 8.50. The molecule has 2 rings (SSSR count). The smallest absolute Gasteiger partial charge is 0.287 e. The van der Waals surface area contributed by atoms with Crippen molar-refractivity contribution in [2.75, 3.05) is 0 Å². The van der Waals surface area contributed by atoms with Crippen molar-refractivity contribution in [3.63, 3.8) is 0 Å². The third-order valence-electron chi connectivity index (χ3n) is 8.50. The summed E-state index contributed by atoms with van der Waals surface area (Å²) in [5.41, 5.74) is -1.22. The Morgan fingerprint density at radius 1 is 0.553 bits per heavy atom. The number of carbonyl (C=O) groups excluding carboxylic acids is 1. The minimum Gasteiger partial charge on any atom is -0.287 e. The van der Waals surface area contributed by atoms with Crippen molar-refractivity contribution in [3.8, 4) is 0 Å². The Morgan fingerprint density at radius 3 is 1.38 bits per heavy atom. The molecule has 1 nitrogen and oxygen atoms in total. The molecule has 0 radical (unpaired) electrons. The molecule has 0 aliphatic heterocycles. The van der Waals surface area contributed by atoms with Crippen LogP contribution in [0.4, 0.5) is 74.6 Å². The van der Waals surface area contributed by atoms with E-state index in [-0.39, 0.29) is 12.3 Å². The van der Waals surface area contributed by atoms with E-state index in [4.69, 9.17) is 0 Å². The van der Waals surface area contributed by atoms with Crippen LogP contribution >= 0.6 is 0 Å². The number of carbonyl (C=O) groups is 1. The molecule has 0 saturated heterocycles. The zero-order chi connectivity index (χ0) is 36.5. The Hall–Kier alpha value is -2.30. The lowest BCUT2D eigenvalue weighted by atomic mass is 9.77. The van der Waals surface area contributed by atoms with Crippen LogP contribution in [0.3, 0.4) is 0 Å². The van der Waals surface area contributed by atoms with Crippen molar-refractivity contribution in [2.45, 2.75) is 125 Å². The second-order valence-corrected chi connectivity index (χ2v) is 11.8. The van der Waals surface area contributed by atoms with Gasteiger partial charge in [0, 0.05) is 5.56 Å². The maximum Gasteiger partial charge on any atom is 0.460 e. The number of alkyl halides is 17. The number of unbranched alkanes of at least 4 members (excludes halogenated alkanes) is 3. The Labute approximate surface area is 258 Å². The van der Waals surface area contributed by atoms with Crippen molar-refractivity contribution in [1.82, 2.24) is 0 Å². The molecule has 0 unspecified atom stereocenters. The molecule has 0 aromatic heterocycles. The van der Waals surface area contributed by atoms with E-state index >= 15 is 0 Å². The topological polar surface area (TPSA) is 17.1 Å². The molecule has 1 aliphatic carbocycles. The summed E-state index contributed by atoms with van der Waals surface area (Å²) in [5.74, 6) is -60.5. The van der Waals surface area contributed by atoms with E-state index in [1.165, 1.54) is 0 Å². The number of ketones is 1. The van der Waals surface area contributed by atoms with E-state index < -0.39 is 59.0 Å². The molecule has 272 valence electrons. The average molecular weight is 719 g/mol. The van der Waals surface area contributed by atoms with Crippen LogP contribution in [0, 0.1) is 11.8 Å². The summed E-state index contributed by atoms with van der Waals surface area (Å²) < 4.78 is 230. The first-order chi connectivity index (χ1) is 21.1. The van der Waals surface area contributed by atoms with Gasteiger partial charge in [0.05, 0.1) is 0 Å². The molecule has 0 atom stereocenters. The fraction of sp³-hybridized carbons (Fsp3) is 0.759. The van der Waals surface area contributed by atoms with Crippen LogP contribution in [-0.2, 0) is 6.42 Å². The van der Waals surface area contributed by atoms with E-state index in [0.29, 0.717) is 30.0 Å². The zero-order valence-corrected chi connectivity index (χ0v) is 24.6. The summed E-state index contributed by atoms with van der Waals surface area (Å²) >= 11 is 0. The summed E-state index contributed by atoms with van der Waals surface area (Å²) in [6.45, 7) is 2.10. The number of rotatable bonds is 16. The molecular weight excluding hydrogens is 687 g/mol. The molecule has 0 spiro atoms. The van der Waals surface area contributed by atoms with E-state index in [9.17, 15) is 79.4 Å². The van der Waals surface area contributed by atoms with Gasteiger partial charge in [-0.05, 0) is 30.2 Å². The highest BCUT2D eigenvalue weighted by Crippen LogP contribution is 2.64. The van der Waals surface area contributed by atoms with Crippen LogP contribution < -0.4 is 0 Å². The predicted octanol–water partition coefficient (Wildman–Crippen LogP) is 11.6. The van der Waals surface area contributed by atoms with Gasteiger partial charge in [0.25, 0.3) is 0 Å². The summed E-state index contributed by atoms with van der Waals surface area (Å²) in [6, 6.07) is 2.61. The molecular formula is C29H31F17O. The van der Waals surface area contributed by atoms with Crippen molar-refractivity contribution in [3.05, 3.63) is 35.4 Å². The lowest BCUT2D eigenvalue weighted by molar-refractivity contribution is -0.459. The number of hydrogen-bond donors (Lipinski definition) is 0. The number of benzene rings is 1. The summed E-state index contributed by atoms with van der Waals surface area (Å²) in [6.07, 6.45) is 2.46. The monoisotopic (exact) mass is 718 g/mol. The number of aryl methyl sites for hydroxylation is 1. The average Bonchev–Trinajstić information content (AvgIpc) is 2.97. The quantitative estimate of drug-likeness (QED) is 0.0945. The van der Waals surface area contributed by atoms with Crippen LogP contribution in [0.2, 0.25) is 0 Å². The molecule has 47 heavy (non-hydrogen) atoms. The van der Waals surface area contributed by atoms with E-state index in [1.807, 2.05) is 0 Å². The minimum atomic E-state index is -8.74. The summed E-state index contributed by atoms with van der Waals surface area (Å²) in [7, 11) is 0. The second kappa shape index (κ2) is 13.9. The predicted molar refractivity (Wildman–Crippen MR) is 134 cm³/mol. The molecule has 1 aliphatic rings. The van der Waals surface area contributed by atoms with Crippen molar-refractivity contribution < 1.29 is 79.4 Å². The molecule has 1 aromatic carbocycles. The lowest BCUT2D eigenvalue weighted by Crippen LogP contribution is -2.75. The van der Waals surface area contributed by atoms with Crippen LogP contribution in [-0.4, -0.2) is 53.4 Å². The molecule has 18 heteroatoms. The molecule has 1 saturated carbocycles. The number of halogens is 17. The van der Waals surface area contributed by atoms with Gasteiger partial charge in [-0.15, -0.1) is 0 Å². The van der Waals surface area contributed by atoms with Crippen LogP contribution in [0.25, 0.3) is 0 Å². The molecule has 0 amide bonds. The highest BCUT2D eigenvalue weighted by atomic mass is 19.4. The minimum absolute atomic E-state index is 0.275. The summed E-state index contributed by atoms with van der Waals surface area (Å²) in [5, 5.41) is 0. The van der Waals surface area contributed by atoms with Gasteiger partial charge in [-0.2, -0.15) is 74.6 Å². The van der Waals surface area contributed by atoms with Crippen molar-refractivity contribution in [1.29, 1.82) is 0 Å². The lowest BCUT2D eigenvalue weighted by Gasteiger charge is -2.42. The van der Waals surface area contributed by atoms with Crippen LogP contribution in [0.5, 0.6) is 0 Å². The fourth-order valence-electron chi connectivity index (χ4n) is 5.35. The third kappa shape index (κ3) is 7.35. The second-order valence-electron chi connectivity index (χ2n) is 11.8. The van der Waals surface area contributed by atoms with Gasteiger partial charge >= 0.3 is 47.6 Å². The van der Waals surface area contributed by atoms with Crippen molar-refractivity contribution >= 4 is 5.78 Å². The van der Waals surface area contributed by atoms with Crippen molar-refractivity contribution in [2.24, 2.45) is 11.8 Å². The van der Waals surface area contributed by atoms with Gasteiger partial charge < -0.3 is 0 Å². The van der Waals surface area contributed by atoms with Gasteiger partial charge in [-0.25, -0.2) is 0 Å². The Bertz CT molecular complexity index is 1180. The van der Waals surface area contributed by atoms with Gasteiger partial charge in [0.15, 0.2) is 0 Å². The zero-order valence-electron chi connectivity index (χ0n) is 24.6. The molecule has 0 bridgehead atoms. The maximum absolute atomic E-state index is 14.4. The number of Topliss-reactive ketones (excluding diaryl/α,β-unsaturated/α-hetero) is 1. The maximum atomic E-state index is 14.4. The fourth-order valence-corrected chi connectivity index (χ4v) is 5.35. The summed E-state index contributed by atoms with van der Waals surface area (Å²) in [4.78, 5) is 12.1. The Balaban J connectivity index is 2.19. The van der Waals surface area contributed by atoms with Gasteiger partial charge in [0.1, 0.15) is 0 Å². The van der Waals surface area contributed by atoms with Gasteiger partial charge in [0.2, 0.25) is 5.78 Å². The first kappa shape index (κ1) is 40.9. The number of hydrogen-bond acceptors (Lipinski definition) is 1. The normalized spacial score (nSPS) is 19.6. The van der Waals surface area contributed by atoms with Crippen LogP contribution in [0.1, 0.15) is 87.1 Å². The molecule has 0 heterocycles. The van der Waals surface area contributed by atoms with E-state index in [1.54, 1.807) is 0 Å². The Morgan fingerprint density at radius 2 is 0.957 bits per heavy atom. The Kier molecular flexibility index (Phi) is 12.1. The SMILES string of the molecule is CCCCCC[C@H]1CC[C@H](CCc2ccc(C(=O)C(F)(F)C(F)(F)C(F)(F)C(F)(F)C(F)(F)C(F)(F)C(F)(F)C(F)(F)F)cc2)CC1. The standard InChI is InChI=1S/C29H31F17O/c1-2-3-4-5-6-17-7-9-18(10-8-17)11-12-19-13-15-20(16-14-19)21(47)22(30,31)23(32,33)24(34,35)25(36,37)26(38,39)27(40,41)28(42,43)29(44,45)46/h13-18H,2-12H2,1H3/t17-,18-. The first-order valence-electron chi connectivity index (χ1n) is 14.5. The van der Waals surface area contributed by atoms with Crippen LogP contribution in [0.15, 0.2) is 24.3 Å². The van der Waals surface area contributed by atoms with Gasteiger partial charge in [-0.1, -0.05) is 89.0 Å². The first-order valence-corrected chi connectivity index (χ1v) is 14.5. The van der Waals surface area contributed by atoms with E-state index in [2.05, 4.69) is 6.92 Å². The molecule has 1 fully saturated rings.